The van der Waals surface area contributed by atoms with E-state index in [-0.39, 0.29) is 31.0 Å². The lowest BCUT2D eigenvalue weighted by Crippen LogP contribution is -2.46. The maximum Gasteiger partial charge on any atom is 0.246 e. The van der Waals surface area contributed by atoms with E-state index in [0.29, 0.717) is 18.9 Å². The van der Waals surface area contributed by atoms with Crippen LogP contribution in [0.2, 0.25) is 0 Å². The average molecular weight is 405 g/mol. The highest BCUT2D eigenvalue weighted by Crippen LogP contribution is 2.26. The molecule has 26 heavy (non-hydrogen) atoms. The summed E-state index contributed by atoms with van der Waals surface area (Å²) in [6.45, 7) is 0.244. The highest BCUT2D eigenvalue weighted by molar-refractivity contribution is 7.99. The van der Waals surface area contributed by atoms with Gasteiger partial charge >= 0.3 is 0 Å². The van der Waals surface area contributed by atoms with Crippen molar-refractivity contribution in [2.45, 2.75) is 36.6 Å². The molecule has 1 amide bonds. The van der Waals surface area contributed by atoms with E-state index < -0.39 is 26.6 Å². The second-order valence-electron chi connectivity index (χ2n) is 6.65. The summed E-state index contributed by atoms with van der Waals surface area (Å²) in [4.78, 5) is 11.7. The van der Waals surface area contributed by atoms with Crippen LogP contribution >= 0.6 is 11.8 Å². The van der Waals surface area contributed by atoms with Crippen molar-refractivity contribution in [3.8, 4) is 0 Å². The van der Waals surface area contributed by atoms with Crippen LogP contribution in [0.4, 0.5) is 8.78 Å². The Morgan fingerprint density at radius 1 is 1.12 bits per heavy atom. The first-order valence-electron chi connectivity index (χ1n) is 8.71. The van der Waals surface area contributed by atoms with Crippen LogP contribution in [0.25, 0.3) is 0 Å². The number of carbonyl (C=O) groups is 1. The van der Waals surface area contributed by atoms with Gasteiger partial charge in [0.1, 0.15) is 16.5 Å². The fraction of sp³-hybridized carbons (Fsp3) is 0.588. The number of nitrogens with one attached hydrogen (secondary N) is 1. The van der Waals surface area contributed by atoms with Gasteiger partial charge in [-0.3, -0.25) is 4.79 Å². The Labute approximate surface area is 156 Å². The molecule has 2 heterocycles. The zero-order chi connectivity index (χ0) is 18.7. The number of sulfonamides is 1. The van der Waals surface area contributed by atoms with Crippen LogP contribution in [0.3, 0.4) is 0 Å². The number of halogens is 2. The number of hydrogen-bond donors (Lipinski definition) is 1. The molecule has 0 spiro atoms. The normalized spacial score (nSPS) is 20.8. The summed E-state index contributed by atoms with van der Waals surface area (Å²) in [5, 5.41) is 3.06. The number of hydrogen-bond acceptors (Lipinski definition) is 4. The molecule has 2 fully saturated rings. The predicted octanol–water partition coefficient (Wildman–Crippen LogP) is 2.38. The van der Waals surface area contributed by atoms with E-state index in [9.17, 15) is 22.0 Å². The summed E-state index contributed by atoms with van der Waals surface area (Å²) in [5.74, 6) is 0.0392. The molecule has 0 unspecified atom stereocenters. The maximum atomic E-state index is 13.8. The first-order chi connectivity index (χ1) is 12.4. The molecule has 1 N–H and O–H groups in total. The van der Waals surface area contributed by atoms with Crippen molar-refractivity contribution in [2.75, 3.05) is 24.6 Å². The topological polar surface area (TPSA) is 66.5 Å². The van der Waals surface area contributed by atoms with E-state index in [0.717, 1.165) is 40.8 Å². The number of piperidine rings is 1. The highest BCUT2D eigenvalue weighted by atomic mass is 32.2. The summed E-state index contributed by atoms with van der Waals surface area (Å²) in [5.41, 5.74) is 0. The van der Waals surface area contributed by atoms with Gasteiger partial charge in [0.15, 0.2) is 0 Å². The van der Waals surface area contributed by atoms with Crippen molar-refractivity contribution in [3.63, 3.8) is 0 Å². The van der Waals surface area contributed by atoms with Crippen molar-refractivity contribution < 1.29 is 22.0 Å². The molecule has 5 nitrogen and oxygen atoms in total. The number of nitrogens with zero attached hydrogens (tertiary/aromatic N) is 1. The van der Waals surface area contributed by atoms with Crippen LogP contribution in [-0.2, 0) is 14.8 Å². The third-order valence-corrected chi connectivity index (χ3v) is 7.87. The molecule has 2 saturated heterocycles. The molecule has 0 bridgehead atoms. The zero-order valence-electron chi connectivity index (χ0n) is 14.3. The fourth-order valence-electron chi connectivity index (χ4n) is 3.33. The summed E-state index contributed by atoms with van der Waals surface area (Å²) in [6.07, 6.45) is 2.68. The standard InChI is InChI=1S/C17H22F2N2O3S2/c18-13-1-2-15(19)16(11-13)26(23,24)21-7-3-12(4-8-21)17(22)20-14-5-9-25-10-6-14/h1-2,11-12,14H,3-10H2,(H,20,22). The number of benzene rings is 1. The number of rotatable bonds is 4. The van der Waals surface area contributed by atoms with Crippen molar-refractivity contribution in [3.05, 3.63) is 29.8 Å². The van der Waals surface area contributed by atoms with E-state index in [4.69, 9.17) is 0 Å². The summed E-state index contributed by atoms with van der Waals surface area (Å²) in [7, 11) is -4.11. The van der Waals surface area contributed by atoms with Gasteiger partial charge in [-0.15, -0.1) is 0 Å². The zero-order valence-corrected chi connectivity index (χ0v) is 15.9. The molecule has 0 aromatic heterocycles. The Kier molecular flexibility index (Phi) is 6.19. The monoisotopic (exact) mass is 404 g/mol. The van der Waals surface area contributed by atoms with Gasteiger partial charge in [-0.05, 0) is 55.4 Å². The molecule has 2 aliphatic heterocycles. The summed E-state index contributed by atoms with van der Waals surface area (Å²) >= 11 is 1.88. The Balaban J connectivity index is 1.60. The van der Waals surface area contributed by atoms with Crippen LogP contribution in [0.5, 0.6) is 0 Å². The smallest absolute Gasteiger partial charge is 0.246 e. The molecule has 0 saturated carbocycles. The van der Waals surface area contributed by atoms with Crippen LogP contribution in [0.1, 0.15) is 25.7 Å². The van der Waals surface area contributed by atoms with Crippen LogP contribution in [-0.4, -0.2) is 49.3 Å². The van der Waals surface area contributed by atoms with Gasteiger partial charge in [-0.1, -0.05) is 0 Å². The molecule has 144 valence electrons. The van der Waals surface area contributed by atoms with Crippen LogP contribution in [0.15, 0.2) is 23.1 Å². The number of amides is 1. The minimum Gasteiger partial charge on any atom is -0.353 e. The van der Waals surface area contributed by atoms with E-state index >= 15 is 0 Å². The SMILES string of the molecule is O=C(NC1CCSCC1)C1CCN(S(=O)(=O)c2cc(F)ccc2F)CC1. The molecule has 3 rings (SSSR count). The second-order valence-corrected chi connectivity index (χ2v) is 9.78. The van der Waals surface area contributed by atoms with Crippen molar-refractivity contribution in [1.82, 2.24) is 9.62 Å². The third-order valence-electron chi connectivity index (χ3n) is 4.90. The molecule has 0 radical (unpaired) electrons. The Morgan fingerprint density at radius 2 is 1.77 bits per heavy atom. The molecular formula is C17H22F2N2O3S2. The Morgan fingerprint density at radius 3 is 2.42 bits per heavy atom. The van der Waals surface area contributed by atoms with Gasteiger partial charge in [-0.2, -0.15) is 16.1 Å². The molecular weight excluding hydrogens is 382 g/mol. The molecule has 0 aliphatic carbocycles. The molecule has 1 aromatic carbocycles. The van der Waals surface area contributed by atoms with Gasteiger partial charge in [0.25, 0.3) is 0 Å². The molecule has 0 atom stereocenters. The van der Waals surface area contributed by atoms with E-state index in [1.165, 1.54) is 0 Å². The second kappa shape index (κ2) is 8.22. The van der Waals surface area contributed by atoms with Crippen LogP contribution < -0.4 is 5.32 Å². The van der Waals surface area contributed by atoms with E-state index in [1.807, 2.05) is 11.8 Å². The molecule has 9 heteroatoms. The average Bonchev–Trinajstić information content (AvgIpc) is 2.64. The van der Waals surface area contributed by atoms with Crippen molar-refractivity contribution in [1.29, 1.82) is 0 Å². The van der Waals surface area contributed by atoms with Gasteiger partial charge in [0.2, 0.25) is 15.9 Å². The number of carbonyl (C=O) groups excluding carboxylic acids is 1. The third kappa shape index (κ3) is 4.37. The first-order valence-corrected chi connectivity index (χ1v) is 11.3. The van der Waals surface area contributed by atoms with Crippen molar-refractivity contribution >= 4 is 27.7 Å². The molecule has 2 aliphatic rings. The summed E-state index contributed by atoms with van der Waals surface area (Å²) < 4.78 is 53.4. The lowest BCUT2D eigenvalue weighted by atomic mass is 9.96. The fourth-order valence-corrected chi connectivity index (χ4v) is 5.99. The van der Waals surface area contributed by atoms with Crippen LogP contribution in [0, 0.1) is 17.6 Å². The maximum absolute atomic E-state index is 13.8. The largest absolute Gasteiger partial charge is 0.353 e. The minimum atomic E-state index is -4.11. The van der Waals surface area contributed by atoms with Gasteiger partial charge in [0, 0.05) is 25.0 Å². The van der Waals surface area contributed by atoms with E-state index in [2.05, 4.69) is 5.32 Å². The summed E-state index contributed by atoms with van der Waals surface area (Å²) in [6, 6.07) is 2.59. The minimum absolute atomic E-state index is 0.0316. The van der Waals surface area contributed by atoms with Gasteiger partial charge < -0.3 is 5.32 Å². The van der Waals surface area contributed by atoms with Crippen molar-refractivity contribution in [2.24, 2.45) is 5.92 Å². The Bertz CT molecular complexity index is 759. The van der Waals surface area contributed by atoms with E-state index in [1.54, 1.807) is 0 Å². The lowest BCUT2D eigenvalue weighted by molar-refractivity contribution is -0.126. The van der Waals surface area contributed by atoms with Gasteiger partial charge in [-0.25, -0.2) is 17.2 Å². The Hall–Kier alpha value is -1.19. The highest BCUT2D eigenvalue weighted by Gasteiger charge is 2.34. The quantitative estimate of drug-likeness (QED) is 0.837. The number of thioether (sulfide) groups is 1. The predicted molar refractivity (Wildman–Crippen MR) is 96.3 cm³/mol. The lowest BCUT2D eigenvalue weighted by Gasteiger charge is -2.32. The van der Waals surface area contributed by atoms with Gasteiger partial charge in [0.05, 0.1) is 0 Å². The first kappa shape index (κ1) is 19.6. The molecule has 1 aromatic rings.